The molecular weight excluding hydrogens is 178 g/mol. The Bertz CT molecular complexity index is 417. The van der Waals surface area contributed by atoms with E-state index in [1.54, 1.807) is 12.3 Å². The van der Waals surface area contributed by atoms with Crippen LogP contribution in [0.4, 0.5) is 0 Å². The highest BCUT2D eigenvalue weighted by molar-refractivity contribution is 5.62. The van der Waals surface area contributed by atoms with Crippen LogP contribution in [0.15, 0.2) is 36.5 Å². The first-order chi connectivity index (χ1) is 6.92. The summed E-state index contributed by atoms with van der Waals surface area (Å²) in [5.74, 6) is 0. The fourth-order valence-corrected chi connectivity index (χ4v) is 1.29. The van der Waals surface area contributed by atoms with Gasteiger partial charge in [0.1, 0.15) is 0 Å². The van der Waals surface area contributed by atoms with Gasteiger partial charge in [-0.3, -0.25) is 0 Å². The van der Waals surface area contributed by atoms with Gasteiger partial charge in [-0.05, 0) is 16.8 Å². The molecule has 0 bridgehead atoms. The molecule has 0 radical (unpaired) electrons. The maximum absolute atomic E-state index is 9.12. The molecule has 0 aliphatic rings. The second kappa shape index (κ2) is 3.93. The summed E-state index contributed by atoms with van der Waals surface area (Å²) < 4.78 is 0. The second-order valence-corrected chi connectivity index (χ2v) is 2.82. The van der Waals surface area contributed by atoms with Crippen molar-refractivity contribution in [3.63, 3.8) is 0 Å². The molecule has 2 rings (SSSR count). The van der Waals surface area contributed by atoms with Crippen molar-refractivity contribution in [3.05, 3.63) is 42.1 Å². The molecule has 0 amide bonds. The minimum atomic E-state index is 0.000175. The van der Waals surface area contributed by atoms with Crippen LogP contribution in [0.1, 0.15) is 5.56 Å². The van der Waals surface area contributed by atoms with Gasteiger partial charge in [-0.15, -0.1) is 10.2 Å². The molecule has 0 spiro atoms. The van der Waals surface area contributed by atoms with E-state index in [9.17, 15) is 0 Å². The first-order valence-electron chi connectivity index (χ1n) is 4.25. The minimum absolute atomic E-state index is 0.000175. The Morgan fingerprint density at radius 3 is 2.71 bits per heavy atom. The van der Waals surface area contributed by atoms with Crippen molar-refractivity contribution in [3.8, 4) is 11.3 Å². The van der Waals surface area contributed by atoms with Crippen LogP contribution in [-0.4, -0.2) is 20.5 Å². The molecule has 1 N–H and O–H groups in total. The number of aromatic nitrogens is 3. The van der Waals surface area contributed by atoms with E-state index in [1.807, 2.05) is 24.3 Å². The molecular formula is C10H9N3O. The van der Waals surface area contributed by atoms with Crippen LogP contribution in [0.5, 0.6) is 0 Å². The zero-order valence-electron chi connectivity index (χ0n) is 7.46. The molecule has 0 fully saturated rings. The molecule has 70 valence electrons. The third-order valence-corrected chi connectivity index (χ3v) is 1.97. The number of rotatable bonds is 2. The molecule has 14 heavy (non-hydrogen) atoms. The van der Waals surface area contributed by atoms with Crippen molar-refractivity contribution in [2.75, 3.05) is 0 Å². The molecule has 1 heterocycles. The summed E-state index contributed by atoms with van der Waals surface area (Å²) in [7, 11) is 0. The van der Waals surface area contributed by atoms with Gasteiger partial charge in [-0.2, -0.15) is 0 Å². The van der Waals surface area contributed by atoms with Crippen LogP contribution in [-0.2, 0) is 6.61 Å². The van der Waals surface area contributed by atoms with Crippen LogP contribution < -0.4 is 0 Å². The molecule has 0 atom stereocenters. The second-order valence-electron chi connectivity index (χ2n) is 2.82. The average Bonchev–Trinajstić information content (AvgIpc) is 2.30. The molecule has 4 heteroatoms. The van der Waals surface area contributed by atoms with E-state index in [4.69, 9.17) is 5.11 Å². The Morgan fingerprint density at radius 1 is 1.14 bits per heavy atom. The highest BCUT2D eigenvalue weighted by atomic mass is 16.3. The average molecular weight is 187 g/mol. The van der Waals surface area contributed by atoms with Crippen molar-refractivity contribution < 1.29 is 5.11 Å². The van der Waals surface area contributed by atoms with Gasteiger partial charge in [0.15, 0.2) is 0 Å². The Labute approximate surface area is 81.2 Å². The lowest BCUT2D eigenvalue weighted by Crippen LogP contribution is -1.93. The van der Waals surface area contributed by atoms with Gasteiger partial charge in [0.05, 0.1) is 18.5 Å². The Kier molecular flexibility index (Phi) is 2.46. The standard InChI is InChI=1S/C10H9N3O/c14-7-8-3-1-2-4-9(8)10-5-6-11-13-12-10/h1-6,14H,7H2. The smallest absolute Gasteiger partial charge is 0.0966 e. The van der Waals surface area contributed by atoms with Gasteiger partial charge in [0, 0.05) is 5.56 Å². The van der Waals surface area contributed by atoms with E-state index in [1.165, 1.54) is 0 Å². The molecule has 0 saturated heterocycles. The van der Waals surface area contributed by atoms with Gasteiger partial charge in [-0.1, -0.05) is 24.3 Å². The van der Waals surface area contributed by atoms with Crippen LogP contribution in [0, 0.1) is 0 Å². The maximum atomic E-state index is 9.12. The molecule has 0 unspecified atom stereocenters. The number of benzene rings is 1. The van der Waals surface area contributed by atoms with Gasteiger partial charge < -0.3 is 5.11 Å². The summed E-state index contributed by atoms with van der Waals surface area (Å²) in [6.07, 6.45) is 1.58. The molecule has 2 aromatic rings. The van der Waals surface area contributed by atoms with Gasteiger partial charge in [-0.25, -0.2) is 0 Å². The van der Waals surface area contributed by atoms with Gasteiger partial charge >= 0.3 is 0 Å². The van der Waals surface area contributed by atoms with Crippen molar-refractivity contribution in [1.82, 2.24) is 15.4 Å². The summed E-state index contributed by atoms with van der Waals surface area (Å²) in [4.78, 5) is 0. The van der Waals surface area contributed by atoms with E-state index in [0.29, 0.717) is 0 Å². The molecule has 0 aliphatic carbocycles. The Hall–Kier alpha value is -1.81. The Balaban J connectivity index is 2.51. The minimum Gasteiger partial charge on any atom is -0.392 e. The van der Waals surface area contributed by atoms with E-state index in [2.05, 4.69) is 15.4 Å². The van der Waals surface area contributed by atoms with Crippen LogP contribution in [0.3, 0.4) is 0 Å². The third-order valence-electron chi connectivity index (χ3n) is 1.97. The summed E-state index contributed by atoms with van der Waals surface area (Å²) in [5, 5.41) is 20.2. The molecule has 0 aliphatic heterocycles. The van der Waals surface area contributed by atoms with Crippen molar-refractivity contribution in [1.29, 1.82) is 0 Å². The quantitative estimate of drug-likeness (QED) is 0.762. The largest absolute Gasteiger partial charge is 0.392 e. The topological polar surface area (TPSA) is 58.9 Å². The highest BCUT2D eigenvalue weighted by Crippen LogP contribution is 2.20. The predicted octanol–water partition coefficient (Wildman–Crippen LogP) is 1.03. The number of aliphatic hydroxyl groups is 1. The molecule has 1 aromatic carbocycles. The number of hydrogen-bond acceptors (Lipinski definition) is 4. The van der Waals surface area contributed by atoms with Gasteiger partial charge in [0.2, 0.25) is 0 Å². The lowest BCUT2D eigenvalue weighted by molar-refractivity contribution is 0.282. The van der Waals surface area contributed by atoms with Crippen LogP contribution in [0.2, 0.25) is 0 Å². The lowest BCUT2D eigenvalue weighted by Gasteiger charge is -2.04. The summed E-state index contributed by atoms with van der Waals surface area (Å²) in [6, 6.07) is 9.30. The Morgan fingerprint density at radius 2 is 2.00 bits per heavy atom. The number of hydrogen-bond donors (Lipinski definition) is 1. The SMILES string of the molecule is OCc1ccccc1-c1ccnnn1. The maximum Gasteiger partial charge on any atom is 0.0966 e. The zero-order chi connectivity index (χ0) is 9.80. The zero-order valence-corrected chi connectivity index (χ0v) is 7.46. The van der Waals surface area contributed by atoms with Gasteiger partial charge in [0.25, 0.3) is 0 Å². The van der Waals surface area contributed by atoms with E-state index in [0.717, 1.165) is 16.8 Å². The summed E-state index contributed by atoms with van der Waals surface area (Å²) >= 11 is 0. The first kappa shape index (κ1) is 8.77. The van der Waals surface area contributed by atoms with Crippen LogP contribution >= 0.6 is 0 Å². The lowest BCUT2D eigenvalue weighted by atomic mass is 10.1. The van der Waals surface area contributed by atoms with Crippen LogP contribution in [0.25, 0.3) is 11.3 Å². The fraction of sp³-hybridized carbons (Fsp3) is 0.100. The molecule has 1 aromatic heterocycles. The van der Waals surface area contributed by atoms with E-state index >= 15 is 0 Å². The van der Waals surface area contributed by atoms with Crippen molar-refractivity contribution in [2.24, 2.45) is 0 Å². The first-order valence-corrected chi connectivity index (χ1v) is 4.25. The van der Waals surface area contributed by atoms with Crippen molar-refractivity contribution in [2.45, 2.75) is 6.61 Å². The molecule has 0 saturated carbocycles. The predicted molar refractivity (Wildman–Crippen MR) is 51.2 cm³/mol. The van der Waals surface area contributed by atoms with E-state index in [-0.39, 0.29) is 6.61 Å². The van der Waals surface area contributed by atoms with Crippen molar-refractivity contribution >= 4 is 0 Å². The normalized spacial score (nSPS) is 10.1. The summed E-state index contributed by atoms with van der Waals surface area (Å²) in [6.45, 7) is 0.000175. The van der Waals surface area contributed by atoms with E-state index < -0.39 is 0 Å². The number of nitrogens with zero attached hydrogens (tertiary/aromatic N) is 3. The highest BCUT2D eigenvalue weighted by Gasteiger charge is 2.04. The summed E-state index contributed by atoms with van der Waals surface area (Å²) in [5.41, 5.74) is 2.46. The monoisotopic (exact) mass is 187 g/mol. The molecule has 4 nitrogen and oxygen atoms in total. The number of aliphatic hydroxyl groups excluding tert-OH is 1. The third kappa shape index (κ3) is 1.60. The fourth-order valence-electron chi connectivity index (χ4n) is 1.29.